The Morgan fingerprint density at radius 1 is 0.976 bits per heavy atom. The molecule has 2 rings (SSSR count). The number of carbonyl (C=O) groups excluding carboxylic acids is 3. The first-order valence-corrected chi connectivity index (χ1v) is 15.9. The lowest BCUT2D eigenvalue weighted by atomic mass is 9.81. The van der Waals surface area contributed by atoms with Gasteiger partial charge in [-0.25, -0.2) is 4.79 Å². The van der Waals surface area contributed by atoms with Crippen molar-refractivity contribution in [1.82, 2.24) is 10.2 Å². The summed E-state index contributed by atoms with van der Waals surface area (Å²) in [6, 6.07) is 19.0. The highest BCUT2D eigenvalue weighted by Crippen LogP contribution is 2.34. The summed E-state index contributed by atoms with van der Waals surface area (Å²) in [6.45, 7) is 6.18. The Balaban J connectivity index is 2.22. The Hall–Kier alpha value is -3.29. The number of amides is 3. The smallest absolute Gasteiger partial charge is 0.407 e. The molecule has 0 aliphatic heterocycles. The van der Waals surface area contributed by atoms with Gasteiger partial charge in [0, 0.05) is 31.2 Å². The minimum atomic E-state index is -1.22. The molecule has 0 saturated carbocycles. The van der Waals surface area contributed by atoms with E-state index in [0.717, 1.165) is 12.0 Å². The van der Waals surface area contributed by atoms with Crippen LogP contribution in [0.3, 0.4) is 0 Å². The van der Waals surface area contributed by atoms with Gasteiger partial charge in [0.2, 0.25) is 12.2 Å². The van der Waals surface area contributed by atoms with Crippen LogP contribution >= 0.6 is 8.46 Å². The van der Waals surface area contributed by atoms with E-state index < -0.39 is 20.1 Å². The van der Waals surface area contributed by atoms with Crippen LogP contribution in [0.2, 0.25) is 0 Å². The summed E-state index contributed by atoms with van der Waals surface area (Å²) in [4.78, 5) is 41.4. The van der Waals surface area contributed by atoms with Crippen molar-refractivity contribution in [3.05, 3.63) is 66.2 Å². The summed E-state index contributed by atoms with van der Waals surface area (Å²) >= 11 is 0. The fourth-order valence-corrected chi connectivity index (χ4v) is 5.55. The summed E-state index contributed by atoms with van der Waals surface area (Å²) in [5, 5.41) is 14.8. The normalized spacial score (nSPS) is 13.3. The number of unbranched alkanes of at least 4 members (excludes halogenated alkanes) is 1. The molecule has 230 valence electrons. The largest absolute Gasteiger partial charge is 0.449 e. The van der Waals surface area contributed by atoms with Crippen LogP contribution in [0.4, 0.5) is 10.5 Å². The summed E-state index contributed by atoms with van der Waals surface area (Å²) in [5.41, 5.74) is 0.537. The first-order valence-electron chi connectivity index (χ1n) is 14.8. The third-order valence-electron chi connectivity index (χ3n) is 7.04. The zero-order valence-corrected chi connectivity index (χ0v) is 26.1. The molecule has 10 heteroatoms. The highest BCUT2D eigenvalue weighted by molar-refractivity contribution is 7.23. The predicted octanol–water partition coefficient (Wildman–Crippen LogP) is 5.77. The van der Waals surface area contributed by atoms with E-state index in [1.54, 1.807) is 24.0 Å². The summed E-state index contributed by atoms with van der Waals surface area (Å²) in [6.07, 6.45) is 2.81. The van der Waals surface area contributed by atoms with Crippen LogP contribution in [0.1, 0.15) is 64.9 Å². The fraction of sp³-hybridized carbons (Fsp3) is 0.531. The molecule has 3 atom stereocenters. The second-order valence-corrected chi connectivity index (χ2v) is 11.8. The Labute approximate surface area is 251 Å². The first-order chi connectivity index (χ1) is 20.2. The van der Waals surface area contributed by atoms with Gasteiger partial charge in [0.1, 0.15) is 5.54 Å². The third kappa shape index (κ3) is 11.9. The number of carbonyl (C=O) groups is 3. The molecule has 9 nitrogen and oxygen atoms in total. The number of rotatable bonds is 19. The molecule has 3 N–H and O–H groups in total. The van der Waals surface area contributed by atoms with Crippen LogP contribution in [-0.2, 0) is 25.3 Å². The average molecular weight is 601 g/mol. The quantitative estimate of drug-likeness (QED) is 0.139. The highest BCUT2D eigenvalue weighted by Gasteiger charge is 2.47. The van der Waals surface area contributed by atoms with Crippen LogP contribution in [0.5, 0.6) is 0 Å². The van der Waals surface area contributed by atoms with Crippen molar-refractivity contribution < 1.29 is 28.8 Å². The molecule has 0 aliphatic rings. The molecule has 0 radical (unpaired) electrons. The van der Waals surface area contributed by atoms with Gasteiger partial charge in [-0.2, -0.15) is 0 Å². The molecule has 0 saturated heterocycles. The van der Waals surface area contributed by atoms with E-state index >= 15 is 0 Å². The van der Waals surface area contributed by atoms with Crippen molar-refractivity contribution in [2.45, 2.75) is 71.3 Å². The number of anilines is 1. The maximum atomic E-state index is 14.1. The Bertz CT molecular complexity index is 1100. The highest BCUT2D eigenvalue weighted by atomic mass is 31.1. The second-order valence-electron chi connectivity index (χ2n) is 11.2. The van der Waals surface area contributed by atoms with Crippen molar-refractivity contribution in [2.24, 2.45) is 11.8 Å². The number of nitrogens with zero attached hydrogens (tertiary/aromatic N) is 1. The number of ether oxygens (including phenoxy) is 1. The maximum Gasteiger partial charge on any atom is 0.407 e. The van der Waals surface area contributed by atoms with E-state index in [1.807, 2.05) is 62.4 Å². The van der Waals surface area contributed by atoms with Crippen LogP contribution in [0.25, 0.3) is 0 Å². The standard InChI is InChI=1S/C32H46N3O6P/c1-25(2)21-32(30(38)34-28-16-8-5-9-17-28,19-10-11-20-33-31(39)41-23-26(3)22-36)35(24-42-40)29(37)18-12-15-27-13-6-4-7-14-27/h4-9,13-14,16-17,25-26,36H,10-12,15,18-24H2,1-3H3,(H,33,39)(H,34,38)/p+1/t26?,32-/m0/s1. The Kier molecular flexibility index (Phi) is 15.8. The number of benzene rings is 2. The van der Waals surface area contributed by atoms with Crippen molar-refractivity contribution >= 4 is 32.1 Å². The zero-order valence-electron chi connectivity index (χ0n) is 25.1. The number of hydrogen-bond acceptors (Lipinski definition) is 6. The molecule has 2 aromatic rings. The Morgan fingerprint density at radius 2 is 1.64 bits per heavy atom. The predicted molar refractivity (Wildman–Crippen MR) is 167 cm³/mol. The molecule has 0 bridgehead atoms. The molecule has 42 heavy (non-hydrogen) atoms. The summed E-state index contributed by atoms with van der Waals surface area (Å²) < 4.78 is 17.2. The minimum Gasteiger partial charge on any atom is -0.449 e. The molecule has 3 amide bonds. The molecule has 0 heterocycles. The van der Waals surface area contributed by atoms with E-state index in [1.165, 1.54) is 0 Å². The number of para-hydroxylation sites is 1. The zero-order chi connectivity index (χ0) is 30.8. The van der Waals surface area contributed by atoms with Crippen molar-refractivity contribution in [3.8, 4) is 0 Å². The molecule has 0 aromatic heterocycles. The number of aliphatic hydroxyl groups excluding tert-OH is 1. The number of aliphatic hydroxyl groups is 1. The fourth-order valence-electron chi connectivity index (χ4n) is 4.94. The van der Waals surface area contributed by atoms with Crippen molar-refractivity contribution in [3.63, 3.8) is 0 Å². The van der Waals surface area contributed by atoms with Gasteiger partial charge in [-0.15, -0.1) is 0 Å². The van der Waals surface area contributed by atoms with Crippen LogP contribution in [-0.4, -0.2) is 59.5 Å². The van der Waals surface area contributed by atoms with Crippen molar-refractivity contribution in [1.29, 1.82) is 0 Å². The van der Waals surface area contributed by atoms with Gasteiger partial charge in [-0.1, -0.05) is 73.9 Å². The van der Waals surface area contributed by atoms with Crippen LogP contribution < -0.4 is 10.6 Å². The van der Waals surface area contributed by atoms with E-state index in [0.29, 0.717) is 44.3 Å². The minimum absolute atomic E-state index is 0.0350. The van der Waals surface area contributed by atoms with E-state index in [2.05, 4.69) is 10.6 Å². The molecule has 2 aromatic carbocycles. The van der Waals surface area contributed by atoms with E-state index in [4.69, 9.17) is 9.84 Å². The Morgan fingerprint density at radius 3 is 2.26 bits per heavy atom. The van der Waals surface area contributed by atoms with Crippen LogP contribution in [0.15, 0.2) is 60.7 Å². The lowest BCUT2D eigenvalue weighted by Gasteiger charge is -2.42. The van der Waals surface area contributed by atoms with Gasteiger partial charge in [-0.05, 0) is 62.1 Å². The second kappa shape index (κ2) is 19.0. The molecule has 0 aliphatic carbocycles. The van der Waals surface area contributed by atoms with Crippen molar-refractivity contribution in [2.75, 3.05) is 31.4 Å². The number of hydrogen-bond donors (Lipinski definition) is 3. The maximum absolute atomic E-state index is 14.1. The van der Waals surface area contributed by atoms with E-state index in [9.17, 15) is 18.9 Å². The molecule has 0 fully saturated rings. The number of aryl methyl sites for hydroxylation is 1. The molecule has 0 spiro atoms. The van der Waals surface area contributed by atoms with Gasteiger partial charge in [0.05, 0.1) is 6.61 Å². The average Bonchev–Trinajstić information content (AvgIpc) is 2.98. The molecular weight excluding hydrogens is 553 g/mol. The van der Waals surface area contributed by atoms with E-state index in [-0.39, 0.29) is 49.6 Å². The summed E-state index contributed by atoms with van der Waals surface area (Å²) in [7, 11) is -0.777. The van der Waals surface area contributed by atoms with Gasteiger partial charge in [0.15, 0.2) is 0 Å². The van der Waals surface area contributed by atoms with Crippen LogP contribution in [0, 0.1) is 11.8 Å². The SMILES string of the molecule is CC(C)C[C@@](CCCCNC(=O)OCC(C)CO)(C(=O)Nc1ccccc1)N(C[PH+]=O)C(=O)CCCc1ccccc1. The number of alkyl carbamates (subject to hydrolysis) is 1. The van der Waals surface area contributed by atoms with Gasteiger partial charge >= 0.3 is 14.6 Å². The monoisotopic (exact) mass is 600 g/mol. The van der Waals surface area contributed by atoms with Gasteiger partial charge in [0.25, 0.3) is 5.91 Å². The first kappa shape index (κ1) is 34.9. The third-order valence-corrected chi connectivity index (χ3v) is 7.48. The van der Waals surface area contributed by atoms with Gasteiger partial charge < -0.3 is 20.5 Å². The summed E-state index contributed by atoms with van der Waals surface area (Å²) in [5.74, 6) is -0.573. The van der Waals surface area contributed by atoms with Gasteiger partial charge in [-0.3, -0.25) is 14.5 Å². The molecular formula is C32H47N3O6P+. The number of nitrogens with one attached hydrogen (secondary N) is 2. The topological polar surface area (TPSA) is 125 Å². The lowest BCUT2D eigenvalue weighted by molar-refractivity contribution is -0.146. The molecule has 2 unspecified atom stereocenters. The lowest BCUT2D eigenvalue weighted by Crippen LogP contribution is -2.59.